The zero-order valence-corrected chi connectivity index (χ0v) is 11.7. The van der Waals surface area contributed by atoms with E-state index in [4.69, 9.17) is 0 Å². The van der Waals surface area contributed by atoms with Crippen LogP contribution < -0.4 is 10.0 Å². The van der Waals surface area contributed by atoms with Gasteiger partial charge in [0.15, 0.2) is 0 Å². The maximum absolute atomic E-state index is 11.9. The van der Waals surface area contributed by atoms with Gasteiger partial charge >= 0.3 is 0 Å². The Bertz CT molecular complexity index is 472. The van der Waals surface area contributed by atoms with E-state index in [1.54, 1.807) is 12.3 Å². The molecule has 1 aliphatic heterocycles. The second kappa shape index (κ2) is 6.93. The number of hydrogen-bond acceptors (Lipinski definition) is 5. The van der Waals surface area contributed by atoms with E-state index in [0.29, 0.717) is 18.2 Å². The topological polar surface area (TPSA) is 84.0 Å². The van der Waals surface area contributed by atoms with Crippen LogP contribution in [0.5, 0.6) is 0 Å². The summed E-state index contributed by atoms with van der Waals surface area (Å²) in [7, 11) is -3.23. The largest absolute Gasteiger partial charge is 0.314 e. The highest BCUT2D eigenvalue weighted by Crippen LogP contribution is 2.10. The van der Waals surface area contributed by atoms with Crippen molar-refractivity contribution >= 4 is 10.0 Å². The quantitative estimate of drug-likeness (QED) is 0.791. The standard InChI is InChI=1S/C12H20N4O2S/c17-19(18,8-5-11-3-1-2-6-14-11)16-9-12-4-7-13-10-15-12/h4,7,10-11,14,16H,1-3,5-6,8-9H2. The van der Waals surface area contributed by atoms with Crippen LogP contribution in [0.2, 0.25) is 0 Å². The molecule has 1 unspecified atom stereocenters. The van der Waals surface area contributed by atoms with E-state index in [1.165, 1.54) is 19.2 Å². The Kier molecular flexibility index (Phi) is 5.24. The lowest BCUT2D eigenvalue weighted by atomic mass is 10.0. The summed E-state index contributed by atoms with van der Waals surface area (Å²) in [5.74, 6) is 0.162. The first-order chi connectivity index (χ1) is 9.16. The first-order valence-corrected chi connectivity index (χ1v) is 8.26. The van der Waals surface area contributed by atoms with Crippen LogP contribution in [0, 0.1) is 0 Å². The van der Waals surface area contributed by atoms with Gasteiger partial charge in [0.05, 0.1) is 18.0 Å². The van der Waals surface area contributed by atoms with Crippen molar-refractivity contribution in [3.8, 4) is 0 Å². The van der Waals surface area contributed by atoms with Gasteiger partial charge in [0.25, 0.3) is 0 Å². The zero-order valence-electron chi connectivity index (χ0n) is 10.9. The molecule has 19 heavy (non-hydrogen) atoms. The van der Waals surface area contributed by atoms with Crippen molar-refractivity contribution < 1.29 is 8.42 Å². The van der Waals surface area contributed by atoms with Gasteiger partial charge in [-0.1, -0.05) is 6.42 Å². The number of nitrogens with zero attached hydrogens (tertiary/aromatic N) is 2. The molecule has 2 N–H and O–H groups in total. The molecule has 0 aromatic carbocycles. The molecule has 1 fully saturated rings. The molecule has 1 atom stereocenters. The minimum absolute atomic E-state index is 0.162. The van der Waals surface area contributed by atoms with Crippen LogP contribution in [0.3, 0.4) is 0 Å². The number of aromatic nitrogens is 2. The van der Waals surface area contributed by atoms with Crippen LogP contribution in [-0.4, -0.2) is 36.7 Å². The molecule has 106 valence electrons. The maximum Gasteiger partial charge on any atom is 0.212 e. The first kappa shape index (κ1) is 14.4. The van der Waals surface area contributed by atoms with Gasteiger partial charge < -0.3 is 5.32 Å². The van der Waals surface area contributed by atoms with Crippen molar-refractivity contribution in [1.29, 1.82) is 0 Å². The molecule has 0 spiro atoms. The molecule has 7 heteroatoms. The molecule has 0 saturated carbocycles. The number of piperidine rings is 1. The molecular weight excluding hydrogens is 264 g/mol. The van der Waals surface area contributed by atoms with E-state index >= 15 is 0 Å². The van der Waals surface area contributed by atoms with Gasteiger partial charge in [-0.05, 0) is 31.9 Å². The first-order valence-electron chi connectivity index (χ1n) is 6.61. The Morgan fingerprint density at radius 3 is 3.00 bits per heavy atom. The normalized spacial score (nSPS) is 20.3. The third-order valence-electron chi connectivity index (χ3n) is 3.26. The van der Waals surface area contributed by atoms with E-state index in [2.05, 4.69) is 20.0 Å². The average Bonchev–Trinajstić information content (AvgIpc) is 2.46. The second-order valence-electron chi connectivity index (χ2n) is 4.78. The fourth-order valence-electron chi connectivity index (χ4n) is 2.15. The van der Waals surface area contributed by atoms with Gasteiger partial charge in [-0.25, -0.2) is 23.1 Å². The highest BCUT2D eigenvalue weighted by atomic mass is 32.2. The highest BCUT2D eigenvalue weighted by Gasteiger charge is 2.17. The van der Waals surface area contributed by atoms with Crippen LogP contribution in [-0.2, 0) is 16.6 Å². The molecule has 1 aromatic heterocycles. The minimum atomic E-state index is -3.23. The Labute approximate surface area is 114 Å². The monoisotopic (exact) mass is 284 g/mol. The summed E-state index contributed by atoms with van der Waals surface area (Å²) >= 11 is 0. The van der Waals surface area contributed by atoms with E-state index < -0.39 is 10.0 Å². The molecule has 0 amide bonds. The lowest BCUT2D eigenvalue weighted by molar-refractivity contribution is 0.392. The van der Waals surface area contributed by atoms with Gasteiger partial charge in [0.2, 0.25) is 10.0 Å². The Hall–Kier alpha value is -1.05. The fourth-order valence-corrected chi connectivity index (χ4v) is 3.25. The lowest BCUT2D eigenvalue weighted by Crippen LogP contribution is -2.37. The number of sulfonamides is 1. The SMILES string of the molecule is O=S(=O)(CCC1CCCCN1)NCc1ccncn1. The molecule has 0 radical (unpaired) electrons. The third kappa shape index (κ3) is 5.22. The molecule has 2 rings (SSSR count). The molecule has 1 saturated heterocycles. The minimum Gasteiger partial charge on any atom is -0.314 e. The van der Waals surface area contributed by atoms with Crippen molar-refractivity contribution in [1.82, 2.24) is 20.0 Å². The molecule has 0 aliphatic carbocycles. The summed E-state index contributed by atoms with van der Waals surface area (Å²) in [5, 5.41) is 3.35. The summed E-state index contributed by atoms with van der Waals surface area (Å²) in [5.41, 5.74) is 0.675. The van der Waals surface area contributed by atoms with Crippen molar-refractivity contribution in [2.75, 3.05) is 12.3 Å². The van der Waals surface area contributed by atoms with Crippen molar-refractivity contribution in [2.45, 2.75) is 38.3 Å². The summed E-state index contributed by atoms with van der Waals surface area (Å²) in [6.07, 6.45) is 7.12. The number of hydrogen-bond donors (Lipinski definition) is 2. The van der Waals surface area contributed by atoms with Gasteiger partial charge in [-0.2, -0.15) is 0 Å². The van der Waals surface area contributed by atoms with E-state index in [0.717, 1.165) is 13.0 Å². The molecule has 1 aromatic rings. The van der Waals surface area contributed by atoms with Crippen LogP contribution in [0.15, 0.2) is 18.6 Å². The fraction of sp³-hybridized carbons (Fsp3) is 0.667. The van der Waals surface area contributed by atoms with Crippen LogP contribution >= 0.6 is 0 Å². The van der Waals surface area contributed by atoms with Gasteiger partial charge in [-0.3, -0.25) is 0 Å². The van der Waals surface area contributed by atoms with Crippen molar-refractivity contribution in [2.24, 2.45) is 0 Å². The van der Waals surface area contributed by atoms with E-state index in [9.17, 15) is 8.42 Å². The lowest BCUT2D eigenvalue weighted by Gasteiger charge is -2.23. The van der Waals surface area contributed by atoms with Gasteiger partial charge in [-0.15, -0.1) is 0 Å². The molecule has 2 heterocycles. The van der Waals surface area contributed by atoms with Crippen LogP contribution in [0.1, 0.15) is 31.4 Å². The maximum atomic E-state index is 11.9. The molecule has 0 bridgehead atoms. The van der Waals surface area contributed by atoms with E-state index in [1.807, 2.05) is 0 Å². The van der Waals surface area contributed by atoms with Gasteiger partial charge in [0, 0.05) is 12.2 Å². The molecule has 1 aliphatic rings. The Morgan fingerprint density at radius 2 is 2.32 bits per heavy atom. The highest BCUT2D eigenvalue weighted by molar-refractivity contribution is 7.89. The number of rotatable bonds is 6. The number of nitrogens with one attached hydrogen (secondary N) is 2. The molecular formula is C12H20N4O2S. The van der Waals surface area contributed by atoms with Crippen molar-refractivity contribution in [3.05, 3.63) is 24.3 Å². The van der Waals surface area contributed by atoms with E-state index in [-0.39, 0.29) is 12.3 Å². The summed E-state index contributed by atoms with van der Waals surface area (Å²) in [6, 6.07) is 2.04. The van der Waals surface area contributed by atoms with Gasteiger partial charge in [0.1, 0.15) is 6.33 Å². The predicted molar refractivity (Wildman–Crippen MR) is 72.9 cm³/mol. The van der Waals surface area contributed by atoms with Crippen LogP contribution in [0.25, 0.3) is 0 Å². The van der Waals surface area contributed by atoms with Crippen molar-refractivity contribution in [3.63, 3.8) is 0 Å². The summed E-state index contributed by atoms with van der Waals surface area (Å²) in [4.78, 5) is 7.77. The van der Waals surface area contributed by atoms with Crippen LogP contribution in [0.4, 0.5) is 0 Å². The second-order valence-corrected chi connectivity index (χ2v) is 6.70. The third-order valence-corrected chi connectivity index (χ3v) is 4.62. The Morgan fingerprint density at radius 1 is 1.42 bits per heavy atom. The predicted octanol–water partition coefficient (Wildman–Crippen LogP) is 0.428. The average molecular weight is 284 g/mol. The Balaban J connectivity index is 1.75. The zero-order chi connectivity index (χ0) is 13.6. The summed E-state index contributed by atoms with van der Waals surface area (Å²) in [6.45, 7) is 1.22. The molecule has 6 nitrogen and oxygen atoms in total. The smallest absolute Gasteiger partial charge is 0.212 e. The summed E-state index contributed by atoms with van der Waals surface area (Å²) < 4.78 is 26.3.